The molecule has 3 rings (SSSR count). The summed E-state index contributed by atoms with van der Waals surface area (Å²) < 4.78 is 6.62. The van der Waals surface area contributed by atoms with Crippen LogP contribution in [0.3, 0.4) is 0 Å². The number of hydrogen-bond acceptors (Lipinski definition) is 6. The summed E-state index contributed by atoms with van der Waals surface area (Å²) >= 11 is 5.97. The maximum absolute atomic E-state index is 12.1. The molecule has 0 aliphatic rings. The zero-order chi connectivity index (χ0) is 17.1. The molecule has 0 saturated carbocycles. The summed E-state index contributed by atoms with van der Waals surface area (Å²) in [5, 5.41) is 10.7. The molecule has 0 aromatic carbocycles. The van der Waals surface area contributed by atoms with Crippen LogP contribution < -0.4 is 10.9 Å². The second-order valence-electron chi connectivity index (χ2n) is 4.82. The van der Waals surface area contributed by atoms with Crippen LogP contribution in [0.15, 0.2) is 33.8 Å². The molecule has 1 amide bonds. The van der Waals surface area contributed by atoms with E-state index >= 15 is 0 Å². The van der Waals surface area contributed by atoms with Gasteiger partial charge in [-0.3, -0.25) is 14.3 Å². The van der Waals surface area contributed by atoms with Gasteiger partial charge in [0.05, 0.1) is 11.6 Å². The predicted molar refractivity (Wildman–Crippen MR) is 84.4 cm³/mol. The van der Waals surface area contributed by atoms with Crippen molar-refractivity contribution < 1.29 is 9.32 Å². The minimum absolute atomic E-state index is 0.0182. The van der Waals surface area contributed by atoms with E-state index in [1.807, 2.05) is 6.92 Å². The first-order valence-electron chi connectivity index (χ1n) is 7.09. The molecule has 0 aliphatic heterocycles. The van der Waals surface area contributed by atoms with Crippen LogP contribution in [-0.2, 0) is 13.1 Å². The summed E-state index contributed by atoms with van der Waals surface area (Å²) in [5.74, 6) is 0.0198. The summed E-state index contributed by atoms with van der Waals surface area (Å²) in [4.78, 5) is 30.0. The smallest absolute Gasteiger partial charge is 0.273 e. The molecule has 0 fully saturated rings. The second kappa shape index (κ2) is 6.67. The lowest BCUT2D eigenvalue weighted by molar-refractivity contribution is 0.0940. The van der Waals surface area contributed by atoms with Crippen LogP contribution in [0.5, 0.6) is 0 Å². The molecule has 9 nitrogen and oxygen atoms in total. The maximum Gasteiger partial charge on any atom is 0.273 e. The Balaban J connectivity index is 1.68. The molecule has 0 saturated heterocycles. The molecule has 2 N–H and O–H groups in total. The van der Waals surface area contributed by atoms with Crippen molar-refractivity contribution in [2.24, 2.45) is 0 Å². The van der Waals surface area contributed by atoms with Gasteiger partial charge in [-0.15, -0.1) is 0 Å². The average molecular weight is 349 g/mol. The van der Waals surface area contributed by atoms with Crippen LogP contribution in [0.1, 0.15) is 23.3 Å². The lowest BCUT2D eigenvalue weighted by atomic mass is 10.2. The minimum atomic E-state index is -0.442. The standard InChI is InChI=1S/C14H13ClN6O3/c1-2-21-7-9(15)12(19-21)14(23)17-6-11-18-13(20-24-11)8-3-4-16-10(22)5-8/h3-5,7H,2,6H2,1H3,(H,16,22)(H,17,23). The monoisotopic (exact) mass is 348 g/mol. The Morgan fingerprint density at radius 1 is 1.50 bits per heavy atom. The molecule has 124 valence electrons. The molecular formula is C14H13ClN6O3. The average Bonchev–Trinajstić information content (AvgIpc) is 3.19. The summed E-state index contributed by atoms with van der Waals surface area (Å²) in [6, 6.07) is 3.00. The Morgan fingerprint density at radius 3 is 3.04 bits per heavy atom. The number of H-pyrrole nitrogens is 1. The van der Waals surface area contributed by atoms with Crippen LogP contribution in [0.25, 0.3) is 11.4 Å². The zero-order valence-electron chi connectivity index (χ0n) is 12.6. The summed E-state index contributed by atoms with van der Waals surface area (Å²) in [6.07, 6.45) is 3.07. The van der Waals surface area contributed by atoms with Crippen LogP contribution in [0, 0.1) is 0 Å². The molecule has 3 aromatic rings. The fourth-order valence-corrected chi connectivity index (χ4v) is 2.22. The van der Waals surface area contributed by atoms with Gasteiger partial charge < -0.3 is 14.8 Å². The molecule has 0 atom stereocenters. The van der Waals surface area contributed by atoms with E-state index in [4.69, 9.17) is 16.1 Å². The molecule has 0 aliphatic carbocycles. The van der Waals surface area contributed by atoms with Crippen molar-refractivity contribution in [2.45, 2.75) is 20.0 Å². The largest absolute Gasteiger partial charge is 0.342 e. The number of nitrogens with zero attached hydrogens (tertiary/aromatic N) is 4. The topological polar surface area (TPSA) is 119 Å². The van der Waals surface area contributed by atoms with E-state index in [0.717, 1.165) is 0 Å². The van der Waals surface area contributed by atoms with Gasteiger partial charge in [0.25, 0.3) is 5.91 Å². The van der Waals surface area contributed by atoms with E-state index in [-0.39, 0.29) is 34.5 Å². The quantitative estimate of drug-likeness (QED) is 0.715. The van der Waals surface area contributed by atoms with Gasteiger partial charge >= 0.3 is 0 Å². The van der Waals surface area contributed by atoms with Gasteiger partial charge in [0.2, 0.25) is 17.3 Å². The van der Waals surface area contributed by atoms with Crippen molar-refractivity contribution in [3.8, 4) is 11.4 Å². The molecule has 0 radical (unpaired) electrons. The molecule has 10 heteroatoms. The third kappa shape index (κ3) is 3.35. The number of carbonyl (C=O) groups excluding carboxylic acids is 1. The van der Waals surface area contributed by atoms with E-state index in [1.54, 1.807) is 16.9 Å². The lowest BCUT2D eigenvalue weighted by Crippen LogP contribution is -2.24. The van der Waals surface area contributed by atoms with Crippen molar-refractivity contribution in [1.29, 1.82) is 0 Å². The Morgan fingerprint density at radius 2 is 2.33 bits per heavy atom. The maximum atomic E-state index is 12.1. The van der Waals surface area contributed by atoms with Gasteiger partial charge in [0.1, 0.15) is 0 Å². The fourth-order valence-electron chi connectivity index (χ4n) is 1.98. The van der Waals surface area contributed by atoms with Crippen LogP contribution in [0.4, 0.5) is 0 Å². The molecule has 3 aromatic heterocycles. The number of aryl methyl sites for hydroxylation is 1. The minimum Gasteiger partial charge on any atom is -0.342 e. The van der Waals surface area contributed by atoms with Crippen molar-refractivity contribution in [2.75, 3.05) is 0 Å². The van der Waals surface area contributed by atoms with Crippen molar-refractivity contribution in [3.63, 3.8) is 0 Å². The molecular weight excluding hydrogens is 336 g/mol. The third-order valence-electron chi connectivity index (χ3n) is 3.16. The summed E-state index contributed by atoms with van der Waals surface area (Å²) in [7, 11) is 0. The van der Waals surface area contributed by atoms with Gasteiger partial charge in [-0.25, -0.2) is 0 Å². The van der Waals surface area contributed by atoms with E-state index in [1.165, 1.54) is 12.3 Å². The molecule has 0 unspecified atom stereocenters. The van der Waals surface area contributed by atoms with Gasteiger partial charge in [-0.1, -0.05) is 16.8 Å². The number of nitrogens with one attached hydrogen (secondary N) is 2. The first-order valence-corrected chi connectivity index (χ1v) is 7.47. The van der Waals surface area contributed by atoms with Gasteiger partial charge in [0, 0.05) is 30.6 Å². The second-order valence-corrected chi connectivity index (χ2v) is 5.22. The van der Waals surface area contributed by atoms with Crippen LogP contribution in [-0.4, -0.2) is 30.8 Å². The first-order chi connectivity index (χ1) is 11.6. The summed E-state index contributed by atoms with van der Waals surface area (Å²) in [5.41, 5.74) is 0.381. The van der Waals surface area contributed by atoms with Gasteiger partial charge in [-0.05, 0) is 13.0 Å². The lowest BCUT2D eigenvalue weighted by Gasteiger charge is -1.99. The molecule has 0 spiro atoms. The predicted octanol–water partition coefficient (Wildman–Crippen LogP) is 1.22. The number of aromatic nitrogens is 5. The number of pyridine rings is 1. The Bertz CT molecular complexity index is 928. The van der Waals surface area contributed by atoms with E-state index < -0.39 is 5.91 Å². The molecule has 3 heterocycles. The van der Waals surface area contributed by atoms with Crippen molar-refractivity contribution in [3.05, 3.63) is 51.5 Å². The SMILES string of the molecule is CCn1cc(Cl)c(C(=O)NCc2nc(-c3cc[nH]c(=O)c3)no2)n1. The van der Waals surface area contributed by atoms with Crippen molar-refractivity contribution >= 4 is 17.5 Å². The van der Waals surface area contributed by atoms with E-state index in [9.17, 15) is 9.59 Å². The Kier molecular flexibility index (Phi) is 4.43. The highest BCUT2D eigenvalue weighted by atomic mass is 35.5. The Hall–Kier alpha value is -2.94. The number of aromatic amines is 1. The number of amides is 1. The highest BCUT2D eigenvalue weighted by Gasteiger charge is 2.16. The van der Waals surface area contributed by atoms with Crippen LogP contribution >= 0.6 is 11.6 Å². The highest BCUT2D eigenvalue weighted by Crippen LogP contribution is 2.15. The van der Waals surface area contributed by atoms with E-state index in [0.29, 0.717) is 12.1 Å². The van der Waals surface area contributed by atoms with E-state index in [2.05, 4.69) is 25.5 Å². The van der Waals surface area contributed by atoms with Crippen molar-refractivity contribution in [1.82, 2.24) is 30.2 Å². The molecule has 0 bridgehead atoms. The fraction of sp³-hybridized carbons (Fsp3) is 0.214. The normalized spacial score (nSPS) is 10.8. The zero-order valence-corrected chi connectivity index (χ0v) is 13.4. The first kappa shape index (κ1) is 15.9. The number of halogens is 1. The highest BCUT2D eigenvalue weighted by molar-refractivity contribution is 6.33. The van der Waals surface area contributed by atoms with Gasteiger partial charge in [0.15, 0.2) is 5.69 Å². The Labute approximate surface area is 140 Å². The number of carbonyl (C=O) groups is 1. The number of hydrogen-bond donors (Lipinski definition) is 2. The van der Waals surface area contributed by atoms with Gasteiger partial charge in [-0.2, -0.15) is 10.1 Å². The third-order valence-corrected chi connectivity index (χ3v) is 3.43. The molecule has 24 heavy (non-hydrogen) atoms. The summed E-state index contributed by atoms with van der Waals surface area (Å²) in [6.45, 7) is 2.51. The number of rotatable bonds is 5. The van der Waals surface area contributed by atoms with Crippen LogP contribution in [0.2, 0.25) is 5.02 Å².